The fraction of sp³-hybridized carbons (Fsp3) is 0.600. The molecular weight excluding hydrogens is 240 g/mol. The highest BCUT2D eigenvalue weighted by Crippen LogP contribution is 2.48. The van der Waals surface area contributed by atoms with Crippen molar-refractivity contribution in [3.05, 3.63) is 18.2 Å². The highest BCUT2D eigenvalue weighted by molar-refractivity contribution is 5.59. The van der Waals surface area contributed by atoms with E-state index in [1.807, 2.05) is 32.0 Å². The van der Waals surface area contributed by atoms with Crippen molar-refractivity contribution in [1.82, 2.24) is 0 Å². The van der Waals surface area contributed by atoms with Gasteiger partial charge in [0.25, 0.3) is 0 Å². The Balaban J connectivity index is 1.98. The smallest absolute Gasteiger partial charge is 0.123 e. The number of nitrogen functional groups attached to an aromatic ring is 1. The van der Waals surface area contributed by atoms with Gasteiger partial charge in [-0.1, -0.05) is 0 Å². The predicted molar refractivity (Wildman–Crippen MR) is 78.5 cm³/mol. The molecule has 4 heteroatoms. The van der Waals surface area contributed by atoms with Gasteiger partial charge >= 0.3 is 0 Å². The van der Waals surface area contributed by atoms with Crippen LogP contribution in [0.25, 0.3) is 0 Å². The molecule has 0 atom stereocenters. The Morgan fingerprint density at radius 3 is 2.68 bits per heavy atom. The molecule has 0 unspecified atom stereocenters. The van der Waals surface area contributed by atoms with Gasteiger partial charge in [-0.25, -0.2) is 0 Å². The van der Waals surface area contributed by atoms with Crippen LogP contribution in [0.15, 0.2) is 18.2 Å². The zero-order valence-corrected chi connectivity index (χ0v) is 11.8. The van der Waals surface area contributed by atoms with E-state index in [1.165, 1.54) is 12.8 Å². The fourth-order valence-corrected chi connectivity index (χ4v) is 2.28. The van der Waals surface area contributed by atoms with Gasteiger partial charge in [0.2, 0.25) is 0 Å². The molecule has 4 N–H and O–H groups in total. The third-order valence-corrected chi connectivity index (χ3v) is 3.57. The normalized spacial score (nSPS) is 16.4. The van der Waals surface area contributed by atoms with Crippen LogP contribution in [0.5, 0.6) is 5.75 Å². The van der Waals surface area contributed by atoms with Gasteiger partial charge in [0.05, 0.1) is 6.10 Å². The maximum atomic E-state index is 9.06. The Hall–Kier alpha value is -1.42. The second-order valence-electron chi connectivity index (χ2n) is 5.78. The summed E-state index contributed by atoms with van der Waals surface area (Å²) >= 11 is 0. The van der Waals surface area contributed by atoms with E-state index in [4.69, 9.17) is 15.6 Å². The van der Waals surface area contributed by atoms with Crippen molar-refractivity contribution in [3.8, 4) is 5.75 Å². The van der Waals surface area contributed by atoms with Gasteiger partial charge < -0.3 is 20.9 Å². The number of benzene rings is 1. The number of hydrogen-bond donors (Lipinski definition) is 3. The lowest BCUT2D eigenvalue weighted by molar-refractivity contribution is 0.242. The topological polar surface area (TPSA) is 67.5 Å². The van der Waals surface area contributed by atoms with Crippen molar-refractivity contribution < 1.29 is 9.84 Å². The van der Waals surface area contributed by atoms with Gasteiger partial charge in [0, 0.05) is 36.7 Å². The minimum Gasteiger partial charge on any atom is -0.491 e. The summed E-state index contributed by atoms with van der Waals surface area (Å²) in [6, 6.07) is 5.74. The largest absolute Gasteiger partial charge is 0.491 e. The molecule has 0 spiro atoms. The van der Waals surface area contributed by atoms with Crippen LogP contribution in [0, 0.1) is 5.41 Å². The molecule has 19 heavy (non-hydrogen) atoms. The standard InChI is InChI=1S/C15H24N2O2/c1-11(2)19-14-8-12(16)7-13(9-14)17-10-15(3-4-15)5-6-18/h7-9,11,17-18H,3-6,10,16H2,1-2H3. The van der Waals surface area contributed by atoms with Crippen molar-refractivity contribution in [1.29, 1.82) is 0 Å². The number of aliphatic hydroxyl groups is 1. The number of rotatable bonds is 7. The van der Waals surface area contributed by atoms with E-state index in [9.17, 15) is 0 Å². The molecule has 106 valence electrons. The van der Waals surface area contributed by atoms with Crippen molar-refractivity contribution in [3.63, 3.8) is 0 Å². The molecule has 0 aliphatic heterocycles. The molecule has 4 nitrogen and oxygen atoms in total. The average Bonchev–Trinajstić information content (AvgIpc) is 3.06. The summed E-state index contributed by atoms with van der Waals surface area (Å²) in [4.78, 5) is 0. The molecule has 1 aliphatic rings. The van der Waals surface area contributed by atoms with Crippen LogP contribution in [-0.2, 0) is 0 Å². The van der Waals surface area contributed by atoms with Crippen LogP contribution in [0.4, 0.5) is 11.4 Å². The van der Waals surface area contributed by atoms with E-state index >= 15 is 0 Å². The SMILES string of the molecule is CC(C)Oc1cc(N)cc(NCC2(CCO)CC2)c1. The number of aliphatic hydroxyl groups excluding tert-OH is 1. The number of anilines is 2. The second-order valence-corrected chi connectivity index (χ2v) is 5.78. The molecule has 1 aromatic carbocycles. The lowest BCUT2D eigenvalue weighted by Crippen LogP contribution is -2.17. The summed E-state index contributed by atoms with van der Waals surface area (Å²) in [5.41, 5.74) is 7.87. The Kier molecular flexibility index (Phi) is 4.20. The first-order valence-corrected chi connectivity index (χ1v) is 6.95. The molecule has 1 aliphatic carbocycles. The lowest BCUT2D eigenvalue weighted by Gasteiger charge is -2.17. The summed E-state index contributed by atoms with van der Waals surface area (Å²) in [6.45, 7) is 5.14. The maximum absolute atomic E-state index is 9.06. The minimum atomic E-state index is 0.138. The number of hydrogen-bond acceptors (Lipinski definition) is 4. The van der Waals surface area contributed by atoms with Crippen LogP contribution in [-0.4, -0.2) is 24.4 Å². The predicted octanol–water partition coefficient (Wildman–Crippen LogP) is 2.63. The number of ether oxygens (including phenoxy) is 1. The van der Waals surface area contributed by atoms with E-state index in [0.717, 1.165) is 24.4 Å². The number of nitrogens with two attached hydrogens (primary N) is 1. The Morgan fingerprint density at radius 1 is 1.37 bits per heavy atom. The third kappa shape index (κ3) is 4.03. The van der Waals surface area contributed by atoms with E-state index in [2.05, 4.69) is 5.32 Å². The van der Waals surface area contributed by atoms with Gasteiger partial charge in [-0.2, -0.15) is 0 Å². The van der Waals surface area contributed by atoms with Crippen molar-refractivity contribution in [2.45, 2.75) is 39.2 Å². The Bertz CT molecular complexity index is 428. The van der Waals surface area contributed by atoms with Gasteiger partial charge in [0.1, 0.15) is 5.75 Å². The van der Waals surface area contributed by atoms with Crippen molar-refractivity contribution >= 4 is 11.4 Å². The molecule has 0 heterocycles. The summed E-state index contributed by atoms with van der Waals surface area (Å²) in [5.74, 6) is 0.796. The highest BCUT2D eigenvalue weighted by Gasteiger charge is 2.41. The zero-order valence-electron chi connectivity index (χ0n) is 11.8. The second kappa shape index (κ2) is 5.70. The molecule has 0 bridgehead atoms. The van der Waals surface area contributed by atoms with E-state index in [-0.39, 0.29) is 12.7 Å². The fourth-order valence-electron chi connectivity index (χ4n) is 2.28. The summed E-state index contributed by atoms with van der Waals surface area (Å²) in [5, 5.41) is 12.5. The Labute approximate surface area is 115 Å². The molecule has 2 rings (SSSR count). The van der Waals surface area contributed by atoms with Crippen molar-refractivity contribution in [2.24, 2.45) is 5.41 Å². The van der Waals surface area contributed by atoms with Crippen molar-refractivity contribution in [2.75, 3.05) is 24.2 Å². The first-order chi connectivity index (χ1) is 9.03. The first kappa shape index (κ1) is 14.0. The molecule has 0 aromatic heterocycles. The minimum absolute atomic E-state index is 0.138. The van der Waals surface area contributed by atoms with E-state index < -0.39 is 0 Å². The molecule has 0 saturated heterocycles. The molecular formula is C15H24N2O2. The quantitative estimate of drug-likeness (QED) is 0.662. The average molecular weight is 264 g/mol. The van der Waals surface area contributed by atoms with Crippen LogP contribution in [0.2, 0.25) is 0 Å². The monoisotopic (exact) mass is 264 g/mol. The molecule has 0 amide bonds. The third-order valence-electron chi connectivity index (χ3n) is 3.57. The van der Waals surface area contributed by atoms with Crippen LogP contribution in [0.1, 0.15) is 33.1 Å². The van der Waals surface area contributed by atoms with E-state index in [0.29, 0.717) is 11.1 Å². The van der Waals surface area contributed by atoms with E-state index in [1.54, 1.807) is 0 Å². The Morgan fingerprint density at radius 2 is 2.11 bits per heavy atom. The lowest BCUT2D eigenvalue weighted by atomic mass is 10.0. The van der Waals surface area contributed by atoms with Gasteiger partial charge in [-0.3, -0.25) is 0 Å². The van der Waals surface area contributed by atoms with Crippen LogP contribution < -0.4 is 15.8 Å². The molecule has 1 aromatic rings. The summed E-state index contributed by atoms with van der Waals surface area (Å²) in [7, 11) is 0. The molecule has 1 saturated carbocycles. The maximum Gasteiger partial charge on any atom is 0.123 e. The molecule has 0 radical (unpaired) electrons. The highest BCUT2D eigenvalue weighted by atomic mass is 16.5. The first-order valence-electron chi connectivity index (χ1n) is 6.95. The van der Waals surface area contributed by atoms with Crippen LogP contribution in [0.3, 0.4) is 0 Å². The van der Waals surface area contributed by atoms with Crippen LogP contribution >= 0.6 is 0 Å². The summed E-state index contributed by atoms with van der Waals surface area (Å²) < 4.78 is 5.67. The zero-order chi connectivity index (χ0) is 13.9. The van der Waals surface area contributed by atoms with Gasteiger partial charge in [-0.15, -0.1) is 0 Å². The van der Waals surface area contributed by atoms with Gasteiger partial charge in [0.15, 0.2) is 0 Å². The summed E-state index contributed by atoms with van der Waals surface area (Å²) in [6.07, 6.45) is 3.40. The molecule has 1 fully saturated rings. The number of nitrogens with one attached hydrogen (secondary N) is 1. The van der Waals surface area contributed by atoms with Gasteiger partial charge in [-0.05, 0) is 44.6 Å².